The zero-order chi connectivity index (χ0) is 19.8. The lowest BCUT2D eigenvalue weighted by Gasteiger charge is -2.16. The van der Waals surface area contributed by atoms with Gasteiger partial charge < -0.3 is 4.90 Å². The molecule has 3 rings (SSSR count). The monoisotopic (exact) mass is 452 g/mol. The third-order valence-electron chi connectivity index (χ3n) is 4.35. The highest BCUT2D eigenvalue weighted by atomic mass is 79.9. The van der Waals surface area contributed by atoms with Crippen molar-refractivity contribution in [3.05, 3.63) is 63.9 Å². The van der Waals surface area contributed by atoms with Crippen LogP contribution in [-0.4, -0.2) is 39.3 Å². The maximum absolute atomic E-state index is 13.8. The number of halogens is 2. The van der Waals surface area contributed by atoms with Gasteiger partial charge in [0.15, 0.2) is 0 Å². The van der Waals surface area contributed by atoms with Crippen LogP contribution < -0.4 is 4.90 Å². The van der Waals surface area contributed by atoms with E-state index in [-0.39, 0.29) is 10.8 Å². The van der Waals surface area contributed by atoms with Crippen LogP contribution >= 0.6 is 15.9 Å². The predicted molar refractivity (Wildman–Crippen MR) is 107 cm³/mol. The van der Waals surface area contributed by atoms with Gasteiger partial charge in [-0.1, -0.05) is 15.9 Å². The summed E-state index contributed by atoms with van der Waals surface area (Å²) >= 11 is 3.28. The maximum Gasteiger partial charge on any atom is 0.251 e. The Morgan fingerprint density at radius 2 is 1.96 bits per heavy atom. The Labute approximate surface area is 166 Å². The topological polar surface area (TPSA) is 57.7 Å². The molecule has 1 heterocycles. The van der Waals surface area contributed by atoms with Crippen molar-refractivity contribution in [2.24, 2.45) is 0 Å². The summed E-state index contributed by atoms with van der Waals surface area (Å²) in [6.07, 6.45) is 3.33. The Bertz CT molecular complexity index is 1040. The minimum Gasteiger partial charge on any atom is -0.308 e. The van der Waals surface area contributed by atoms with Gasteiger partial charge in [0.2, 0.25) is 10.0 Å². The molecule has 8 heteroatoms. The van der Waals surface area contributed by atoms with Gasteiger partial charge in [0, 0.05) is 42.4 Å². The van der Waals surface area contributed by atoms with Gasteiger partial charge >= 0.3 is 0 Å². The van der Waals surface area contributed by atoms with Gasteiger partial charge in [0.05, 0.1) is 4.90 Å². The number of anilines is 1. The van der Waals surface area contributed by atoms with Crippen molar-refractivity contribution in [2.75, 3.05) is 25.5 Å². The first-order valence-electron chi connectivity index (χ1n) is 8.20. The highest BCUT2D eigenvalue weighted by Crippen LogP contribution is 2.31. The van der Waals surface area contributed by atoms with Crippen molar-refractivity contribution in [3.8, 4) is 0 Å². The Hall–Kier alpha value is -2.03. The molecule has 27 heavy (non-hydrogen) atoms. The smallest absolute Gasteiger partial charge is 0.251 e. The van der Waals surface area contributed by atoms with Crippen LogP contribution in [-0.2, 0) is 21.2 Å². The summed E-state index contributed by atoms with van der Waals surface area (Å²) in [6.45, 7) is 0.449. The molecule has 0 spiro atoms. The van der Waals surface area contributed by atoms with Gasteiger partial charge in [-0.3, -0.25) is 4.79 Å². The third-order valence-corrected chi connectivity index (χ3v) is 6.66. The van der Waals surface area contributed by atoms with Crippen LogP contribution in [0.15, 0.2) is 51.8 Å². The molecule has 2 aromatic rings. The molecule has 0 fully saturated rings. The Kier molecular flexibility index (Phi) is 5.50. The number of carbonyl (C=O) groups is 1. The summed E-state index contributed by atoms with van der Waals surface area (Å²) in [6, 6.07) is 9.25. The van der Waals surface area contributed by atoms with Crippen molar-refractivity contribution in [1.29, 1.82) is 0 Å². The van der Waals surface area contributed by atoms with Crippen molar-refractivity contribution in [1.82, 2.24) is 4.31 Å². The lowest BCUT2D eigenvalue weighted by atomic mass is 10.2. The molecule has 142 valence electrons. The number of fused-ring (bicyclic) bond motifs is 1. The normalized spacial score (nSPS) is 14.2. The molecule has 0 radical (unpaired) electrons. The second kappa shape index (κ2) is 7.53. The predicted octanol–water partition coefficient (Wildman–Crippen LogP) is 3.44. The first kappa shape index (κ1) is 19.7. The third kappa shape index (κ3) is 3.97. The molecular weight excluding hydrogens is 435 g/mol. The number of nitrogens with zero attached hydrogens (tertiary/aromatic N) is 2. The van der Waals surface area contributed by atoms with Gasteiger partial charge in [-0.15, -0.1) is 0 Å². The summed E-state index contributed by atoms with van der Waals surface area (Å²) in [5.41, 5.74) is 1.79. The van der Waals surface area contributed by atoms with Gasteiger partial charge in [0.25, 0.3) is 5.91 Å². The van der Waals surface area contributed by atoms with Crippen LogP contribution in [0.25, 0.3) is 6.08 Å². The van der Waals surface area contributed by atoms with Gasteiger partial charge in [-0.05, 0) is 54.5 Å². The largest absolute Gasteiger partial charge is 0.308 e. The fourth-order valence-electron chi connectivity index (χ4n) is 2.87. The summed E-state index contributed by atoms with van der Waals surface area (Å²) in [5, 5.41) is 0. The molecule has 0 saturated carbocycles. The first-order chi connectivity index (χ1) is 12.7. The van der Waals surface area contributed by atoms with E-state index in [1.165, 1.54) is 38.4 Å². The van der Waals surface area contributed by atoms with Crippen molar-refractivity contribution < 1.29 is 17.6 Å². The lowest BCUT2D eigenvalue weighted by Crippen LogP contribution is -2.27. The second-order valence-electron chi connectivity index (χ2n) is 6.32. The molecule has 0 aliphatic carbocycles. The number of carbonyl (C=O) groups excluding carboxylic acids is 1. The average Bonchev–Trinajstić information content (AvgIpc) is 3.05. The van der Waals surface area contributed by atoms with Crippen LogP contribution in [0, 0.1) is 5.82 Å². The summed E-state index contributed by atoms with van der Waals surface area (Å²) in [4.78, 5) is 14.3. The van der Waals surface area contributed by atoms with Crippen LogP contribution in [0.3, 0.4) is 0 Å². The zero-order valence-electron chi connectivity index (χ0n) is 14.8. The van der Waals surface area contributed by atoms with E-state index < -0.39 is 15.8 Å². The van der Waals surface area contributed by atoms with Crippen molar-refractivity contribution >= 4 is 43.6 Å². The van der Waals surface area contributed by atoms with E-state index in [0.29, 0.717) is 24.2 Å². The van der Waals surface area contributed by atoms with E-state index >= 15 is 0 Å². The van der Waals surface area contributed by atoms with Gasteiger partial charge in [-0.25, -0.2) is 17.1 Å². The quantitative estimate of drug-likeness (QED) is 0.667. The van der Waals surface area contributed by atoms with E-state index in [1.54, 1.807) is 29.2 Å². The van der Waals surface area contributed by atoms with Crippen LogP contribution in [0.1, 0.15) is 11.1 Å². The molecule has 0 unspecified atom stereocenters. The van der Waals surface area contributed by atoms with Gasteiger partial charge in [0.1, 0.15) is 5.82 Å². The number of hydrogen-bond acceptors (Lipinski definition) is 3. The molecule has 1 amide bonds. The molecule has 0 atom stereocenters. The molecular formula is C19H18BrFN2O3S. The minimum absolute atomic E-state index is 0.201. The van der Waals surface area contributed by atoms with E-state index in [0.717, 1.165) is 14.3 Å². The highest BCUT2D eigenvalue weighted by molar-refractivity contribution is 9.10. The molecule has 0 N–H and O–H groups in total. The van der Waals surface area contributed by atoms with Crippen LogP contribution in [0.4, 0.5) is 10.1 Å². The van der Waals surface area contributed by atoms with Crippen LogP contribution in [0.2, 0.25) is 0 Å². The molecule has 0 saturated heterocycles. The fraction of sp³-hybridized carbons (Fsp3) is 0.211. The Morgan fingerprint density at radius 3 is 2.67 bits per heavy atom. The molecule has 5 nitrogen and oxygen atoms in total. The molecule has 0 bridgehead atoms. The van der Waals surface area contributed by atoms with E-state index in [4.69, 9.17) is 0 Å². The summed E-state index contributed by atoms with van der Waals surface area (Å²) in [7, 11) is -0.569. The summed E-state index contributed by atoms with van der Waals surface area (Å²) in [5.74, 6) is -0.695. The number of sulfonamides is 1. The molecule has 2 aromatic carbocycles. The lowest BCUT2D eigenvalue weighted by molar-refractivity contribution is -0.114. The Balaban J connectivity index is 1.84. The van der Waals surface area contributed by atoms with Crippen molar-refractivity contribution in [3.63, 3.8) is 0 Å². The van der Waals surface area contributed by atoms with Gasteiger partial charge in [-0.2, -0.15) is 0 Å². The Morgan fingerprint density at radius 1 is 1.22 bits per heavy atom. The zero-order valence-corrected chi connectivity index (χ0v) is 17.2. The number of hydrogen-bond donors (Lipinski definition) is 0. The average molecular weight is 453 g/mol. The van der Waals surface area contributed by atoms with E-state index in [2.05, 4.69) is 15.9 Å². The van der Waals surface area contributed by atoms with E-state index in [9.17, 15) is 17.6 Å². The maximum atomic E-state index is 13.8. The summed E-state index contributed by atoms with van der Waals surface area (Å²) < 4.78 is 40.2. The SMILES string of the molecule is CN(C)S(=O)(=O)c1ccc2c(c1)CCN2C(=O)/C=C/c1cc(Br)ccc1F. The highest BCUT2D eigenvalue weighted by Gasteiger charge is 2.26. The second-order valence-corrected chi connectivity index (χ2v) is 9.38. The number of benzene rings is 2. The fourth-order valence-corrected chi connectivity index (χ4v) is 4.20. The molecule has 0 aromatic heterocycles. The minimum atomic E-state index is -3.52. The molecule has 1 aliphatic heterocycles. The van der Waals surface area contributed by atoms with E-state index in [1.807, 2.05) is 0 Å². The number of rotatable bonds is 4. The first-order valence-corrected chi connectivity index (χ1v) is 10.4. The molecule has 1 aliphatic rings. The standard InChI is InChI=1S/C19H18BrFN2O3S/c1-22(2)27(25,26)16-5-7-18-14(12-16)9-10-23(18)19(24)8-3-13-11-15(20)4-6-17(13)21/h3-8,11-12H,9-10H2,1-2H3/b8-3+. The number of amides is 1. The van der Waals surface area contributed by atoms with Crippen molar-refractivity contribution in [2.45, 2.75) is 11.3 Å². The van der Waals surface area contributed by atoms with Crippen LogP contribution in [0.5, 0.6) is 0 Å².